The van der Waals surface area contributed by atoms with E-state index in [1.54, 1.807) is 0 Å². The molecule has 1 unspecified atom stereocenters. The number of carbonyl (C=O) groups is 2. The van der Waals surface area contributed by atoms with Crippen LogP contribution in [-0.2, 0) is 6.54 Å². The van der Waals surface area contributed by atoms with Crippen molar-refractivity contribution in [1.82, 2.24) is 19.8 Å². The summed E-state index contributed by atoms with van der Waals surface area (Å²) in [6.07, 6.45) is 1.92. The lowest BCUT2D eigenvalue weighted by molar-refractivity contribution is 0.0554. The van der Waals surface area contributed by atoms with Gasteiger partial charge in [-0.3, -0.25) is 9.59 Å². The summed E-state index contributed by atoms with van der Waals surface area (Å²) < 4.78 is 1.97. The highest BCUT2D eigenvalue weighted by atomic mass is 32.1. The third-order valence-corrected chi connectivity index (χ3v) is 5.40. The largest absolute Gasteiger partial charge is 0.349 e. The highest BCUT2D eigenvalue weighted by molar-refractivity contribution is 7.13. The fraction of sp³-hybridized carbons (Fsp3) is 0.500. The van der Waals surface area contributed by atoms with Crippen molar-refractivity contribution in [3.05, 3.63) is 39.6 Å². The van der Waals surface area contributed by atoms with Crippen molar-refractivity contribution >= 4 is 23.2 Å². The molecule has 1 atom stereocenters. The Morgan fingerprint density at radius 1 is 1.44 bits per heavy atom. The Balaban J connectivity index is 1.74. The van der Waals surface area contributed by atoms with Crippen LogP contribution in [0.2, 0.25) is 0 Å². The van der Waals surface area contributed by atoms with Crippen LogP contribution in [-0.4, -0.2) is 45.4 Å². The summed E-state index contributed by atoms with van der Waals surface area (Å²) in [5.74, 6) is 0.294. The minimum Gasteiger partial charge on any atom is -0.349 e. The topological polar surface area (TPSA) is 67.2 Å². The zero-order valence-corrected chi connectivity index (χ0v) is 15.9. The van der Waals surface area contributed by atoms with E-state index in [1.165, 1.54) is 11.3 Å². The highest BCUT2D eigenvalue weighted by Gasteiger charge is 2.32. The number of thiazole rings is 1. The molecule has 0 radical (unpaired) electrons. The molecule has 1 N–H and O–H groups in total. The zero-order valence-electron chi connectivity index (χ0n) is 15.1. The zero-order chi connectivity index (χ0) is 18.1. The quantitative estimate of drug-likeness (QED) is 0.891. The van der Waals surface area contributed by atoms with Crippen LogP contribution in [0.15, 0.2) is 18.3 Å². The van der Waals surface area contributed by atoms with Crippen molar-refractivity contribution in [2.24, 2.45) is 5.92 Å². The molecule has 7 heteroatoms. The normalized spacial score (nSPS) is 17.1. The third kappa shape index (κ3) is 3.61. The summed E-state index contributed by atoms with van der Waals surface area (Å²) in [4.78, 5) is 32.1. The molecule has 0 aromatic carbocycles. The molecule has 2 aromatic heterocycles. The van der Waals surface area contributed by atoms with Crippen molar-refractivity contribution in [3.8, 4) is 0 Å². The minimum atomic E-state index is -0.113. The number of amides is 2. The van der Waals surface area contributed by atoms with E-state index < -0.39 is 0 Å². The van der Waals surface area contributed by atoms with Gasteiger partial charge in [0.05, 0.1) is 16.7 Å². The van der Waals surface area contributed by atoms with E-state index >= 15 is 0 Å². The summed E-state index contributed by atoms with van der Waals surface area (Å²) in [6, 6.07) is 3.70. The van der Waals surface area contributed by atoms with Crippen molar-refractivity contribution in [1.29, 1.82) is 0 Å². The van der Waals surface area contributed by atoms with Gasteiger partial charge in [-0.1, -0.05) is 13.8 Å². The summed E-state index contributed by atoms with van der Waals surface area (Å²) in [7, 11) is 0. The summed E-state index contributed by atoms with van der Waals surface area (Å²) in [5.41, 5.74) is 1.48. The summed E-state index contributed by atoms with van der Waals surface area (Å²) >= 11 is 1.40. The first-order valence-corrected chi connectivity index (χ1v) is 9.36. The SMILES string of the molecule is Cc1nc(C)c(C(=O)NCC2Cn3cccc3C(=O)N2CC(C)C)s1. The van der Waals surface area contributed by atoms with E-state index in [9.17, 15) is 9.59 Å². The predicted octanol–water partition coefficient (Wildman–Crippen LogP) is 2.47. The number of aryl methyl sites for hydroxylation is 2. The van der Waals surface area contributed by atoms with Crippen LogP contribution >= 0.6 is 11.3 Å². The lowest BCUT2D eigenvalue weighted by atomic mass is 10.1. The Bertz CT molecular complexity index is 793. The molecule has 0 fully saturated rings. The lowest BCUT2D eigenvalue weighted by Gasteiger charge is -2.37. The summed E-state index contributed by atoms with van der Waals surface area (Å²) in [6.45, 7) is 9.75. The van der Waals surface area contributed by atoms with Crippen LogP contribution in [0.1, 0.15) is 44.7 Å². The van der Waals surface area contributed by atoms with E-state index in [0.717, 1.165) is 16.4 Å². The van der Waals surface area contributed by atoms with E-state index in [4.69, 9.17) is 0 Å². The maximum Gasteiger partial charge on any atom is 0.270 e. The number of fused-ring (bicyclic) bond motifs is 1. The van der Waals surface area contributed by atoms with Crippen molar-refractivity contribution < 1.29 is 9.59 Å². The predicted molar refractivity (Wildman–Crippen MR) is 98.0 cm³/mol. The maximum atomic E-state index is 12.8. The Labute approximate surface area is 151 Å². The highest BCUT2D eigenvalue weighted by Crippen LogP contribution is 2.20. The Hall–Kier alpha value is -2.15. The lowest BCUT2D eigenvalue weighted by Crippen LogP contribution is -2.53. The Morgan fingerprint density at radius 2 is 2.20 bits per heavy atom. The first-order valence-electron chi connectivity index (χ1n) is 8.55. The maximum absolute atomic E-state index is 12.8. The van der Waals surface area contributed by atoms with E-state index in [-0.39, 0.29) is 17.9 Å². The van der Waals surface area contributed by atoms with Gasteiger partial charge in [0.15, 0.2) is 0 Å². The molecule has 0 spiro atoms. The molecular formula is C18H24N4O2S. The molecule has 3 heterocycles. The van der Waals surface area contributed by atoms with Gasteiger partial charge in [-0.05, 0) is 31.9 Å². The molecule has 134 valence electrons. The van der Waals surface area contributed by atoms with E-state index in [0.29, 0.717) is 30.4 Å². The number of hydrogen-bond acceptors (Lipinski definition) is 4. The molecule has 2 aromatic rings. The molecule has 25 heavy (non-hydrogen) atoms. The number of nitrogens with one attached hydrogen (secondary N) is 1. The number of hydrogen-bond donors (Lipinski definition) is 1. The molecule has 0 bridgehead atoms. The second kappa shape index (κ2) is 7.00. The third-order valence-electron chi connectivity index (χ3n) is 4.33. The molecule has 1 aliphatic heterocycles. The van der Waals surface area contributed by atoms with Crippen LogP contribution in [0.25, 0.3) is 0 Å². The second-order valence-electron chi connectivity index (χ2n) is 6.91. The van der Waals surface area contributed by atoms with Gasteiger partial charge in [-0.2, -0.15) is 0 Å². The standard InChI is InChI=1S/C18H24N4O2S/c1-11(2)9-22-14(10-21-7-5-6-15(21)18(22)24)8-19-17(23)16-12(3)20-13(4)25-16/h5-7,11,14H,8-10H2,1-4H3,(H,19,23). The molecule has 2 amide bonds. The number of nitrogens with zero attached hydrogens (tertiary/aromatic N) is 3. The molecule has 3 rings (SSSR count). The van der Waals surface area contributed by atoms with Gasteiger partial charge < -0.3 is 14.8 Å². The second-order valence-corrected chi connectivity index (χ2v) is 8.11. The number of carbonyl (C=O) groups excluding carboxylic acids is 2. The van der Waals surface area contributed by atoms with E-state index in [1.807, 2.05) is 41.6 Å². The fourth-order valence-corrected chi connectivity index (χ4v) is 4.08. The Morgan fingerprint density at radius 3 is 2.84 bits per heavy atom. The molecule has 0 aliphatic carbocycles. The first-order chi connectivity index (χ1) is 11.9. The van der Waals surface area contributed by atoms with Gasteiger partial charge in [0.25, 0.3) is 11.8 Å². The van der Waals surface area contributed by atoms with Crippen LogP contribution < -0.4 is 5.32 Å². The minimum absolute atomic E-state index is 0.0361. The average molecular weight is 360 g/mol. The monoisotopic (exact) mass is 360 g/mol. The van der Waals surface area contributed by atoms with Crippen LogP contribution in [0.4, 0.5) is 0 Å². The molecule has 0 saturated heterocycles. The average Bonchev–Trinajstić information content (AvgIpc) is 3.14. The molecule has 1 aliphatic rings. The van der Waals surface area contributed by atoms with E-state index in [2.05, 4.69) is 24.1 Å². The first kappa shape index (κ1) is 17.7. The van der Waals surface area contributed by atoms with Gasteiger partial charge in [-0.15, -0.1) is 11.3 Å². The van der Waals surface area contributed by atoms with Gasteiger partial charge in [0.1, 0.15) is 10.6 Å². The van der Waals surface area contributed by atoms with Crippen LogP contribution in [0, 0.1) is 19.8 Å². The van der Waals surface area contributed by atoms with Crippen molar-refractivity contribution in [2.75, 3.05) is 13.1 Å². The number of rotatable bonds is 5. The van der Waals surface area contributed by atoms with Gasteiger partial charge >= 0.3 is 0 Å². The van der Waals surface area contributed by atoms with Crippen LogP contribution in [0.5, 0.6) is 0 Å². The van der Waals surface area contributed by atoms with Crippen LogP contribution in [0.3, 0.4) is 0 Å². The Kier molecular flexibility index (Phi) is 4.94. The van der Waals surface area contributed by atoms with Crippen molar-refractivity contribution in [3.63, 3.8) is 0 Å². The van der Waals surface area contributed by atoms with Gasteiger partial charge in [0, 0.05) is 25.8 Å². The van der Waals surface area contributed by atoms with Crippen molar-refractivity contribution in [2.45, 2.75) is 40.3 Å². The fourth-order valence-electron chi connectivity index (χ4n) is 3.24. The molecular weight excluding hydrogens is 336 g/mol. The molecule has 0 saturated carbocycles. The molecule has 6 nitrogen and oxygen atoms in total. The van der Waals surface area contributed by atoms with Gasteiger partial charge in [-0.25, -0.2) is 4.98 Å². The summed E-state index contributed by atoms with van der Waals surface area (Å²) in [5, 5.41) is 3.88. The van der Waals surface area contributed by atoms with Gasteiger partial charge in [0.2, 0.25) is 0 Å². The number of aromatic nitrogens is 2. The smallest absolute Gasteiger partial charge is 0.270 e.